The van der Waals surface area contributed by atoms with E-state index in [0.717, 1.165) is 11.3 Å². The molecule has 2 aromatic carbocycles. The molecule has 0 saturated carbocycles. The van der Waals surface area contributed by atoms with Crippen molar-refractivity contribution in [2.45, 2.75) is 25.8 Å². The van der Waals surface area contributed by atoms with E-state index in [9.17, 15) is 4.39 Å². The summed E-state index contributed by atoms with van der Waals surface area (Å²) in [6.07, 6.45) is 0. The van der Waals surface area contributed by atoms with Gasteiger partial charge in [0, 0.05) is 22.8 Å². The topological polar surface area (TPSA) is 35.8 Å². The van der Waals surface area contributed by atoms with Gasteiger partial charge in [-0.15, -0.1) is 0 Å². The van der Waals surface area contributed by atoms with Crippen molar-refractivity contribution in [3.05, 3.63) is 64.4 Å². The molecule has 4 heteroatoms. The van der Waals surface area contributed by atoms with E-state index in [1.807, 2.05) is 38.1 Å². The average Bonchev–Trinajstić information content (AvgIpc) is 2.48. The fourth-order valence-electron chi connectivity index (χ4n) is 1.95. The number of anilines is 1. The van der Waals surface area contributed by atoms with Crippen LogP contribution < -0.4 is 5.32 Å². The van der Waals surface area contributed by atoms with Crippen molar-refractivity contribution in [3.63, 3.8) is 0 Å². The number of halogens is 2. The molecule has 0 amide bonds. The summed E-state index contributed by atoms with van der Waals surface area (Å²) in [6, 6.07) is 14.3. The predicted octanol–water partition coefficient (Wildman–Crippen LogP) is 4.89. The van der Waals surface area contributed by atoms with E-state index in [1.54, 1.807) is 6.07 Å². The summed E-state index contributed by atoms with van der Waals surface area (Å²) in [7, 11) is 0. The molecule has 0 radical (unpaired) electrons. The molecule has 0 aromatic heterocycles. The van der Waals surface area contributed by atoms with Crippen LogP contribution in [0.2, 0.25) is 5.02 Å². The first-order chi connectivity index (χ1) is 9.92. The predicted molar refractivity (Wildman–Crippen MR) is 83.8 cm³/mol. The molecule has 0 aliphatic carbocycles. The van der Waals surface area contributed by atoms with Gasteiger partial charge in [0.2, 0.25) is 0 Å². The zero-order chi connectivity index (χ0) is 15.5. The number of nitrogens with zero attached hydrogens (tertiary/aromatic N) is 1. The van der Waals surface area contributed by atoms with Crippen LogP contribution in [0.3, 0.4) is 0 Å². The minimum Gasteiger partial charge on any atom is -0.381 e. The van der Waals surface area contributed by atoms with Gasteiger partial charge in [-0.3, -0.25) is 0 Å². The highest BCUT2D eigenvalue weighted by Crippen LogP contribution is 2.24. The van der Waals surface area contributed by atoms with Gasteiger partial charge in [-0.2, -0.15) is 5.26 Å². The zero-order valence-electron chi connectivity index (χ0n) is 12.0. The van der Waals surface area contributed by atoms with Crippen molar-refractivity contribution in [2.24, 2.45) is 0 Å². The highest BCUT2D eigenvalue weighted by Gasteiger charge is 2.19. The third-order valence-electron chi connectivity index (χ3n) is 3.38. The molecule has 0 aliphatic rings. The summed E-state index contributed by atoms with van der Waals surface area (Å²) in [4.78, 5) is 0. The van der Waals surface area contributed by atoms with Gasteiger partial charge in [-0.25, -0.2) is 4.39 Å². The lowest BCUT2D eigenvalue weighted by Crippen LogP contribution is -2.13. The van der Waals surface area contributed by atoms with Crippen molar-refractivity contribution in [1.82, 2.24) is 0 Å². The van der Waals surface area contributed by atoms with E-state index < -0.39 is 5.41 Å². The van der Waals surface area contributed by atoms with Gasteiger partial charge < -0.3 is 5.32 Å². The first-order valence-corrected chi connectivity index (χ1v) is 7.00. The number of benzene rings is 2. The normalized spacial score (nSPS) is 11.0. The van der Waals surface area contributed by atoms with E-state index in [1.165, 1.54) is 12.1 Å². The van der Waals surface area contributed by atoms with Crippen molar-refractivity contribution < 1.29 is 4.39 Å². The van der Waals surface area contributed by atoms with Crippen LogP contribution >= 0.6 is 11.6 Å². The Bertz CT molecular complexity index is 672. The van der Waals surface area contributed by atoms with Crippen LogP contribution in [0, 0.1) is 17.1 Å². The highest BCUT2D eigenvalue weighted by molar-refractivity contribution is 6.30. The number of hydrogen-bond donors (Lipinski definition) is 1. The number of nitrogens with one attached hydrogen (secondary N) is 1. The van der Waals surface area contributed by atoms with E-state index in [2.05, 4.69) is 11.4 Å². The summed E-state index contributed by atoms with van der Waals surface area (Å²) in [5, 5.41) is 12.8. The molecule has 0 heterocycles. The highest BCUT2D eigenvalue weighted by atomic mass is 35.5. The molecule has 0 unspecified atom stereocenters. The van der Waals surface area contributed by atoms with Gasteiger partial charge in [0.25, 0.3) is 0 Å². The van der Waals surface area contributed by atoms with Crippen LogP contribution in [-0.4, -0.2) is 0 Å². The molecule has 0 saturated heterocycles. The van der Waals surface area contributed by atoms with Crippen LogP contribution in [0.15, 0.2) is 42.5 Å². The van der Waals surface area contributed by atoms with Crippen molar-refractivity contribution >= 4 is 17.3 Å². The SMILES string of the molecule is CC(C)(C#N)c1ccc(NCc2cc(Cl)ccc2F)cc1. The molecule has 2 nitrogen and oxygen atoms in total. The molecule has 21 heavy (non-hydrogen) atoms. The zero-order valence-corrected chi connectivity index (χ0v) is 12.7. The average molecular weight is 303 g/mol. The second-order valence-corrected chi connectivity index (χ2v) is 5.84. The molecule has 0 fully saturated rings. The van der Waals surface area contributed by atoms with Crippen molar-refractivity contribution in [2.75, 3.05) is 5.32 Å². The molecule has 2 rings (SSSR count). The first-order valence-electron chi connectivity index (χ1n) is 6.62. The maximum absolute atomic E-state index is 13.6. The quantitative estimate of drug-likeness (QED) is 0.872. The Balaban J connectivity index is 2.08. The van der Waals surface area contributed by atoms with E-state index >= 15 is 0 Å². The fourth-order valence-corrected chi connectivity index (χ4v) is 2.14. The summed E-state index contributed by atoms with van der Waals surface area (Å²) in [5.41, 5.74) is 1.82. The maximum atomic E-state index is 13.6. The summed E-state index contributed by atoms with van der Waals surface area (Å²) < 4.78 is 13.6. The lowest BCUT2D eigenvalue weighted by atomic mass is 9.86. The van der Waals surface area contributed by atoms with Gasteiger partial charge in [0.1, 0.15) is 5.82 Å². The molecular formula is C17H16ClFN2. The monoisotopic (exact) mass is 302 g/mol. The first kappa shape index (κ1) is 15.3. The minimum atomic E-state index is -0.516. The Morgan fingerprint density at radius 2 is 1.86 bits per heavy atom. The third kappa shape index (κ3) is 3.74. The van der Waals surface area contributed by atoms with Crippen molar-refractivity contribution in [1.29, 1.82) is 5.26 Å². The molecule has 0 spiro atoms. The molecule has 0 bridgehead atoms. The van der Waals surface area contributed by atoms with E-state index in [-0.39, 0.29) is 5.82 Å². The van der Waals surface area contributed by atoms with Gasteiger partial charge >= 0.3 is 0 Å². The maximum Gasteiger partial charge on any atom is 0.128 e. The van der Waals surface area contributed by atoms with Crippen molar-refractivity contribution in [3.8, 4) is 6.07 Å². The van der Waals surface area contributed by atoms with Gasteiger partial charge in [-0.1, -0.05) is 23.7 Å². The molecule has 0 atom stereocenters. The molecule has 108 valence electrons. The van der Waals surface area contributed by atoms with Crippen LogP contribution in [0.25, 0.3) is 0 Å². The minimum absolute atomic E-state index is 0.283. The third-order valence-corrected chi connectivity index (χ3v) is 3.61. The van der Waals surface area contributed by atoms with Crippen LogP contribution in [0.5, 0.6) is 0 Å². The van der Waals surface area contributed by atoms with Crippen LogP contribution in [0.1, 0.15) is 25.0 Å². The molecule has 0 aliphatic heterocycles. The summed E-state index contributed by atoms with van der Waals surface area (Å²) in [6.45, 7) is 4.10. The Hall–Kier alpha value is -2.05. The Morgan fingerprint density at radius 3 is 2.48 bits per heavy atom. The number of rotatable bonds is 4. The lowest BCUT2D eigenvalue weighted by Gasteiger charge is -2.16. The summed E-state index contributed by atoms with van der Waals surface area (Å²) >= 11 is 5.86. The molecule has 1 N–H and O–H groups in total. The second-order valence-electron chi connectivity index (χ2n) is 5.40. The van der Waals surface area contributed by atoms with E-state index in [4.69, 9.17) is 16.9 Å². The van der Waals surface area contributed by atoms with E-state index in [0.29, 0.717) is 17.1 Å². The Labute approximate surface area is 129 Å². The van der Waals surface area contributed by atoms with Crippen LogP contribution in [0.4, 0.5) is 10.1 Å². The van der Waals surface area contributed by atoms with Gasteiger partial charge in [0.05, 0.1) is 11.5 Å². The smallest absolute Gasteiger partial charge is 0.128 e. The Kier molecular flexibility index (Phi) is 4.50. The Morgan fingerprint density at radius 1 is 1.19 bits per heavy atom. The molecule has 2 aromatic rings. The summed E-state index contributed by atoms with van der Waals surface area (Å²) in [5.74, 6) is -0.283. The van der Waals surface area contributed by atoms with Gasteiger partial charge in [0.15, 0.2) is 0 Å². The number of nitriles is 1. The van der Waals surface area contributed by atoms with Crippen LogP contribution in [-0.2, 0) is 12.0 Å². The number of hydrogen-bond acceptors (Lipinski definition) is 2. The standard InChI is InChI=1S/C17H16ClFN2/c1-17(2,11-20)13-3-6-15(7-4-13)21-10-12-9-14(18)5-8-16(12)19/h3-9,21H,10H2,1-2H3. The fraction of sp³-hybridized carbons (Fsp3) is 0.235. The molecular weight excluding hydrogens is 287 g/mol. The largest absolute Gasteiger partial charge is 0.381 e. The lowest BCUT2D eigenvalue weighted by molar-refractivity contribution is 0.613. The van der Waals surface area contributed by atoms with Gasteiger partial charge in [-0.05, 0) is 49.7 Å². The second kappa shape index (κ2) is 6.15.